The Bertz CT molecular complexity index is 735. The molecule has 3 N–H and O–H groups in total. The summed E-state index contributed by atoms with van der Waals surface area (Å²) in [5.74, 6) is -0.460. The van der Waals surface area contributed by atoms with Crippen LogP contribution in [-0.2, 0) is 10.0 Å². The summed E-state index contributed by atoms with van der Waals surface area (Å²) in [5, 5.41) is 0. The molecule has 0 bridgehead atoms. The number of anilines is 2. The largest absolute Gasteiger partial charge is 0.397 e. The Kier molecular flexibility index (Phi) is 3.67. The molecular weight excluding hydrogens is 279 g/mol. The molecule has 0 amide bonds. The second-order valence-corrected chi connectivity index (χ2v) is 6.18. The predicted molar refractivity (Wildman–Crippen MR) is 77.5 cm³/mol. The van der Waals surface area contributed by atoms with Crippen molar-refractivity contribution in [3.8, 4) is 0 Å². The average molecular weight is 294 g/mol. The van der Waals surface area contributed by atoms with Crippen LogP contribution in [0.25, 0.3) is 0 Å². The van der Waals surface area contributed by atoms with Gasteiger partial charge in [-0.05, 0) is 49.2 Å². The van der Waals surface area contributed by atoms with Crippen molar-refractivity contribution in [2.24, 2.45) is 0 Å². The summed E-state index contributed by atoms with van der Waals surface area (Å²) in [6.07, 6.45) is 0. The third-order valence-electron chi connectivity index (χ3n) is 2.90. The standard InChI is InChI=1S/C14H15FN2O2S/c1-9-7-11(15)8-10(2)14(9)20(18,19)17-13-6-4-3-5-12(13)16/h3-8,17H,16H2,1-2H3. The zero-order chi connectivity index (χ0) is 14.9. The summed E-state index contributed by atoms with van der Waals surface area (Å²) < 4.78 is 40.5. The van der Waals surface area contributed by atoms with Gasteiger partial charge in [-0.15, -0.1) is 0 Å². The van der Waals surface area contributed by atoms with Crippen LogP contribution >= 0.6 is 0 Å². The van der Waals surface area contributed by atoms with Crippen LogP contribution in [0.15, 0.2) is 41.3 Å². The van der Waals surface area contributed by atoms with Crippen molar-refractivity contribution >= 4 is 21.4 Å². The van der Waals surface area contributed by atoms with Gasteiger partial charge in [0.15, 0.2) is 0 Å². The van der Waals surface area contributed by atoms with Crippen LogP contribution in [-0.4, -0.2) is 8.42 Å². The highest BCUT2D eigenvalue weighted by Gasteiger charge is 2.21. The molecule has 0 heterocycles. The van der Waals surface area contributed by atoms with E-state index in [-0.39, 0.29) is 4.90 Å². The molecule has 0 aliphatic carbocycles. The number of nitrogens with one attached hydrogen (secondary N) is 1. The Morgan fingerprint density at radius 3 is 2.20 bits per heavy atom. The Morgan fingerprint density at radius 1 is 1.10 bits per heavy atom. The van der Waals surface area contributed by atoms with Gasteiger partial charge in [0.2, 0.25) is 0 Å². The molecule has 0 saturated heterocycles. The number of hydrogen-bond donors (Lipinski definition) is 2. The highest BCUT2D eigenvalue weighted by molar-refractivity contribution is 7.92. The minimum absolute atomic E-state index is 0.0714. The molecule has 0 aliphatic rings. The summed E-state index contributed by atoms with van der Waals surface area (Å²) in [6, 6.07) is 8.94. The van der Waals surface area contributed by atoms with E-state index in [0.717, 1.165) is 0 Å². The molecule has 4 nitrogen and oxygen atoms in total. The van der Waals surface area contributed by atoms with Crippen LogP contribution in [0.2, 0.25) is 0 Å². The van der Waals surface area contributed by atoms with Gasteiger partial charge in [0.1, 0.15) is 5.82 Å². The fraction of sp³-hybridized carbons (Fsp3) is 0.143. The van der Waals surface area contributed by atoms with Crippen molar-refractivity contribution < 1.29 is 12.8 Å². The topological polar surface area (TPSA) is 72.2 Å². The maximum absolute atomic E-state index is 13.3. The molecule has 0 saturated carbocycles. The molecule has 6 heteroatoms. The van der Waals surface area contributed by atoms with E-state index < -0.39 is 15.8 Å². The molecule has 0 spiro atoms. The minimum atomic E-state index is -3.81. The van der Waals surface area contributed by atoms with Gasteiger partial charge >= 0.3 is 0 Å². The number of aryl methyl sites for hydroxylation is 2. The van der Waals surface area contributed by atoms with Gasteiger partial charge in [0.25, 0.3) is 10.0 Å². The van der Waals surface area contributed by atoms with Gasteiger partial charge in [0.05, 0.1) is 16.3 Å². The molecule has 2 aromatic carbocycles. The smallest absolute Gasteiger partial charge is 0.262 e. The Hall–Kier alpha value is -2.08. The lowest BCUT2D eigenvalue weighted by Crippen LogP contribution is -2.16. The average Bonchev–Trinajstić information content (AvgIpc) is 2.30. The Balaban J connectivity index is 2.50. The second-order valence-electron chi connectivity index (χ2n) is 4.56. The van der Waals surface area contributed by atoms with Crippen LogP contribution in [0.3, 0.4) is 0 Å². The van der Waals surface area contributed by atoms with Crippen LogP contribution in [0.4, 0.5) is 15.8 Å². The second kappa shape index (κ2) is 5.13. The van der Waals surface area contributed by atoms with E-state index in [1.807, 2.05) is 0 Å². The van der Waals surface area contributed by atoms with Gasteiger partial charge in [0, 0.05) is 0 Å². The van der Waals surface area contributed by atoms with E-state index in [9.17, 15) is 12.8 Å². The lowest BCUT2D eigenvalue weighted by atomic mass is 10.1. The third-order valence-corrected chi connectivity index (χ3v) is 4.57. The lowest BCUT2D eigenvalue weighted by Gasteiger charge is -2.14. The first kappa shape index (κ1) is 14.3. The summed E-state index contributed by atoms with van der Waals surface area (Å²) in [5.41, 5.74) is 7.05. The van der Waals surface area contributed by atoms with Crippen LogP contribution in [0, 0.1) is 19.7 Å². The maximum atomic E-state index is 13.3. The van der Waals surface area contributed by atoms with Gasteiger partial charge in [-0.1, -0.05) is 12.1 Å². The molecule has 0 radical (unpaired) electrons. The molecule has 106 valence electrons. The first-order valence-corrected chi connectivity index (χ1v) is 7.43. The van der Waals surface area contributed by atoms with Gasteiger partial charge in [-0.3, -0.25) is 4.72 Å². The highest BCUT2D eigenvalue weighted by atomic mass is 32.2. The fourth-order valence-electron chi connectivity index (χ4n) is 2.11. The van der Waals surface area contributed by atoms with Crippen molar-refractivity contribution in [2.75, 3.05) is 10.5 Å². The number of halogens is 1. The number of nitrogen functional groups attached to an aromatic ring is 1. The summed E-state index contributed by atoms with van der Waals surface area (Å²) in [7, 11) is -3.81. The van der Waals surface area contributed by atoms with Crippen molar-refractivity contribution in [1.29, 1.82) is 0 Å². The van der Waals surface area contributed by atoms with Crippen molar-refractivity contribution in [1.82, 2.24) is 0 Å². The van der Waals surface area contributed by atoms with E-state index in [4.69, 9.17) is 5.73 Å². The number of para-hydroxylation sites is 2. The summed E-state index contributed by atoms with van der Waals surface area (Å²) in [4.78, 5) is 0.0714. The molecule has 0 aliphatic heterocycles. The molecule has 2 aromatic rings. The predicted octanol–water partition coefficient (Wildman–Crippen LogP) is 2.83. The van der Waals surface area contributed by atoms with Gasteiger partial charge in [-0.25, -0.2) is 12.8 Å². The first-order chi connectivity index (χ1) is 9.31. The summed E-state index contributed by atoms with van der Waals surface area (Å²) in [6.45, 7) is 3.11. The van der Waals surface area contributed by atoms with Crippen LogP contribution in [0.1, 0.15) is 11.1 Å². The SMILES string of the molecule is Cc1cc(F)cc(C)c1S(=O)(=O)Nc1ccccc1N. The zero-order valence-electron chi connectivity index (χ0n) is 11.1. The summed E-state index contributed by atoms with van der Waals surface area (Å²) >= 11 is 0. The van der Waals surface area contributed by atoms with E-state index in [0.29, 0.717) is 22.5 Å². The number of hydrogen-bond acceptors (Lipinski definition) is 3. The van der Waals surface area contributed by atoms with Crippen LogP contribution < -0.4 is 10.5 Å². The Morgan fingerprint density at radius 2 is 1.65 bits per heavy atom. The number of rotatable bonds is 3. The molecule has 2 rings (SSSR count). The molecule has 20 heavy (non-hydrogen) atoms. The molecule has 0 unspecified atom stereocenters. The maximum Gasteiger partial charge on any atom is 0.262 e. The van der Waals surface area contributed by atoms with Crippen LogP contribution in [0.5, 0.6) is 0 Å². The zero-order valence-corrected chi connectivity index (χ0v) is 12.0. The van der Waals surface area contributed by atoms with Crippen molar-refractivity contribution in [3.05, 3.63) is 53.3 Å². The van der Waals surface area contributed by atoms with Gasteiger partial charge in [-0.2, -0.15) is 0 Å². The van der Waals surface area contributed by atoms with Crippen molar-refractivity contribution in [3.63, 3.8) is 0 Å². The first-order valence-electron chi connectivity index (χ1n) is 5.95. The third kappa shape index (κ3) is 2.75. The van der Waals surface area contributed by atoms with E-state index in [2.05, 4.69) is 4.72 Å². The quantitative estimate of drug-likeness (QED) is 0.855. The fourth-order valence-corrected chi connectivity index (χ4v) is 3.65. The highest BCUT2D eigenvalue weighted by Crippen LogP contribution is 2.26. The lowest BCUT2D eigenvalue weighted by molar-refractivity contribution is 0.597. The molecule has 0 fully saturated rings. The van der Waals surface area contributed by atoms with Crippen molar-refractivity contribution in [2.45, 2.75) is 18.7 Å². The molecule has 0 atom stereocenters. The monoisotopic (exact) mass is 294 g/mol. The van der Waals surface area contributed by atoms with E-state index in [1.54, 1.807) is 38.1 Å². The van der Waals surface area contributed by atoms with E-state index in [1.165, 1.54) is 12.1 Å². The molecular formula is C14H15FN2O2S. The molecule has 0 aromatic heterocycles. The number of benzene rings is 2. The number of sulfonamides is 1. The minimum Gasteiger partial charge on any atom is -0.397 e. The number of nitrogens with two attached hydrogens (primary N) is 1. The van der Waals surface area contributed by atoms with Gasteiger partial charge < -0.3 is 5.73 Å². The Labute approximate surface area is 117 Å². The van der Waals surface area contributed by atoms with E-state index >= 15 is 0 Å². The normalized spacial score (nSPS) is 11.3.